The van der Waals surface area contributed by atoms with E-state index in [9.17, 15) is 10.1 Å². The number of amides is 1. The van der Waals surface area contributed by atoms with Gasteiger partial charge >= 0.3 is 0 Å². The number of rotatable bonds is 6. The van der Waals surface area contributed by atoms with Crippen LogP contribution in [0.2, 0.25) is 5.02 Å². The maximum absolute atomic E-state index is 12.3. The molecule has 9 heteroatoms. The third kappa shape index (κ3) is 4.79. The molecule has 1 aliphatic rings. The highest BCUT2D eigenvalue weighted by Crippen LogP contribution is 2.33. The van der Waals surface area contributed by atoms with E-state index in [1.54, 1.807) is 31.2 Å². The average molecular weight is 438 g/mol. The third-order valence-electron chi connectivity index (χ3n) is 4.33. The third-order valence-corrected chi connectivity index (χ3v) is 4.63. The normalized spacial score (nSPS) is 12.4. The lowest BCUT2D eigenvalue weighted by Gasteiger charge is -2.09. The second kappa shape index (κ2) is 8.81. The molecular weight excluding hydrogens is 422 g/mol. The molecule has 2 heterocycles. The first-order valence-electron chi connectivity index (χ1n) is 9.19. The number of aromatic nitrogens is 1. The number of nitrogens with zero attached hydrogens (tertiary/aromatic N) is 2. The van der Waals surface area contributed by atoms with Crippen LogP contribution >= 0.6 is 11.6 Å². The van der Waals surface area contributed by atoms with Crippen molar-refractivity contribution >= 4 is 29.4 Å². The van der Waals surface area contributed by atoms with Crippen molar-refractivity contribution in [3.63, 3.8) is 0 Å². The second-order valence-corrected chi connectivity index (χ2v) is 7.02. The first-order valence-corrected chi connectivity index (χ1v) is 9.57. The van der Waals surface area contributed by atoms with Crippen LogP contribution < -0.4 is 19.5 Å². The van der Waals surface area contributed by atoms with E-state index in [1.807, 2.05) is 24.3 Å². The fourth-order valence-electron chi connectivity index (χ4n) is 2.84. The Bertz CT molecular complexity index is 1210. The summed E-state index contributed by atoms with van der Waals surface area (Å²) >= 11 is 6.32. The van der Waals surface area contributed by atoms with Crippen molar-refractivity contribution < 1.29 is 23.5 Å². The van der Waals surface area contributed by atoms with Crippen LogP contribution in [0, 0.1) is 18.3 Å². The summed E-state index contributed by atoms with van der Waals surface area (Å²) in [5.74, 6) is 2.02. The van der Waals surface area contributed by atoms with Gasteiger partial charge in [0.15, 0.2) is 17.3 Å². The van der Waals surface area contributed by atoms with Gasteiger partial charge in [0.05, 0.1) is 5.02 Å². The topological polar surface area (TPSA) is 107 Å². The van der Waals surface area contributed by atoms with E-state index < -0.39 is 5.91 Å². The average Bonchev–Trinajstić information content (AvgIpc) is 3.39. The number of anilines is 1. The summed E-state index contributed by atoms with van der Waals surface area (Å²) in [5.41, 5.74) is 1.37. The molecule has 1 N–H and O–H groups in total. The Labute approximate surface area is 182 Å². The van der Waals surface area contributed by atoms with Crippen molar-refractivity contribution in [2.75, 3.05) is 12.1 Å². The number of halogens is 1. The molecule has 2 aromatic carbocycles. The highest BCUT2D eigenvalue weighted by atomic mass is 35.5. The largest absolute Gasteiger partial charge is 0.487 e. The number of ether oxygens (including phenoxy) is 3. The minimum absolute atomic E-state index is 0.106. The number of aryl methyl sites for hydroxylation is 1. The highest BCUT2D eigenvalue weighted by molar-refractivity contribution is 6.32. The fraction of sp³-hybridized carbons (Fsp3) is 0.136. The molecule has 3 aromatic rings. The van der Waals surface area contributed by atoms with Crippen LogP contribution in [-0.4, -0.2) is 17.9 Å². The molecule has 1 aliphatic heterocycles. The van der Waals surface area contributed by atoms with Crippen LogP contribution in [0.3, 0.4) is 0 Å². The van der Waals surface area contributed by atoms with Crippen molar-refractivity contribution in [1.29, 1.82) is 5.26 Å². The van der Waals surface area contributed by atoms with Crippen LogP contribution in [0.4, 0.5) is 5.82 Å². The minimum atomic E-state index is -0.602. The predicted octanol–water partition coefficient (Wildman–Crippen LogP) is 4.49. The van der Waals surface area contributed by atoms with E-state index in [0.29, 0.717) is 33.6 Å². The number of nitrogens with one attached hydrogen (secondary N) is 1. The number of carbonyl (C=O) groups excluding carboxylic acids is 1. The van der Waals surface area contributed by atoms with Gasteiger partial charge in [0, 0.05) is 6.07 Å². The van der Waals surface area contributed by atoms with Crippen LogP contribution in [-0.2, 0) is 11.4 Å². The molecule has 156 valence electrons. The smallest absolute Gasteiger partial charge is 0.267 e. The van der Waals surface area contributed by atoms with Gasteiger partial charge in [-0.2, -0.15) is 5.26 Å². The van der Waals surface area contributed by atoms with Crippen molar-refractivity contribution in [2.24, 2.45) is 0 Å². The van der Waals surface area contributed by atoms with Crippen molar-refractivity contribution in [3.05, 3.63) is 69.9 Å². The van der Waals surface area contributed by atoms with Gasteiger partial charge in [-0.15, -0.1) is 0 Å². The lowest BCUT2D eigenvalue weighted by molar-refractivity contribution is -0.112. The standard InChI is InChI=1S/C22H16ClN3O5/c1-13-6-21(26-31-13)25-22(27)16(10-24)7-14-2-4-18(17(23)8-14)28-11-15-3-5-19-20(9-15)30-12-29-19/h2-9H,11-12H2,1H3,(H,25,26,27). The molecule has 1 aromatic heterocycles. The number of fused-ring (bicyclic) bond motifs is 1. The minimum Gasteiger partial charge on any atom is -0.487 e. The Kier molecular flexibility index (Phi) is 5.78. The molecule has 0 bridgehead atoms. The summed E-state index contributed by atoms with van der Waals surface area (Å²) in [4.78, 5) is 12.3. The zero-order valence-electron chi connectivity index (χ0n) is 16.3. The zero-order valence-corrected chi connectivity index (χ0v) is 17.1. The maximum atomic E-state index is 12.3. The van der Waals surface area contributed by atoms with E-state index in [-0.39, 0.29) is 24.8 Å². The van der Waals surface area contributed by atoms with E-state index in [1.165, 1.54) is 6.08 Å². The van der Waals surface area contributed by atoms with E-state index in [0.717, 1.165) is 5.56 Å². The molecule has 0 unspecified atom stereocenters. The van der Waals surface area contributed by atoms with Gasteiger partial charge < -0.3 is 24.1 Å². The van der Waals surface area contributed by atoms with Gasteiger partial charge in [-0.25, -0.2) is 0 Å². The molecule has 31 heavy (non-hydrogen) atoms. The Balaban J connectivity index is 1.43. The summed E-state index contributed by atoms with van der Waals surface area (Å²) in [6.45, 7) is 2.19. The molecule has 8 nitrogen and oxygen atoms in total. The summed E-state index contributed by atoms with van der Waals surface area (Å²) < 4.78 is 21.3. The molecule has 0 fully saturated rings. The molecule has 0 atom stereocenters. The number of hydrogen-bond acceptors (Lipinski definition) is 7. The number of carbonyl (C=O) groups is 1. The first kappa shape index (κ1) is 20.3. The molecule has 0 aliphatic carbocycles. The van der Waals surface area contributed by atoms with Crippen molar-refractivity contribution in [2.45, 2.75) is 13.5 Å². The molecule has 0 saturated carbocycles. The summed E-state index contributed by atoms with van der Waals surface area (Å²) in [6, 6.07) is 14.0. The maximum Gasteiger partial charge on any atom is 0.267 e. The zero-order chi connectivity index (χ0) is 21.8. The lowest BCUT2D eigenvalue weighted by Crippen LogP contribution is -2.13. The van der Waals surface area contributed by atoms with Crippen LogP contribution in [0.5, 0.6) is 17.2 Å². The van der Waals surface area contributed by atoms with Gasteiger partial charge in [-0.1, -0.05) is 28.9 Å². The van der Waals surface area contributed by atoms with Crippen LogP contribution in [0.1, 0.15) is 16.9 Å². The van der Waals surface area contributed by atoms with Crippen molar-refractivity contribution in [3.8, 4) is 23.3 Å². The van der Waals surface area contributed by atoms with Gasteiger partial charge in [-0.3, -0.25) is 4.79 Å². The number of benzene rings is 2. The Morgan fingerprint density at radius 3 is 2.84 bits per heavy atom. The van der Waals surface area contributed by atoms with Gasteiger partial charge in [0.2, 0.25) is 6.79 Å². The van der Waals surface area contributed by atoms with Gasteiger partial charge in [0.25, 0.3) is 5.91 Å². The van der Waals surface area contributed by atoms with Gasteiger partial charge in [0.1, 0.15) is 29.8 Å². The summed E-state index contributed by atoms with van der Waals surface area (Å²) in [5, 5.41) is 15.9. The first-order chi connectivity index (χ1) is 15.0. The van der Waals surface area contributed by atoms with E-state index in [2.05, 4.69) is 10.5 Å². The molecule has 4 rings (SSSR count). The van der Waals surface area contributed by atoms with E-state index >= 15 is 0 Å². The summed E-state index contributed by atoms with van der Waals surface area (Å²) in [6.07, 6.45) is 1.43. The highest BCUT2D eigenvalue weighted by Gasteiger charge is 2.14. The monoisotopic (exact) mass is 437 g/mol. The molecule has 1 amide bonds. The SMILES string of the molecule is Cc1cc(NC(=O)C(C#N)=Cc2ccc(OCc3ccc4c(c3)OCO4)c(Cl)c2)no1. The van der Waals surface area contributed by atoms with E-state index in [4.69, 9.17) is 30.3 Å². The molecule has 0 saturated heterocycles. The fourth-order valence-corrected chi connectivity index (χ4v) is 3.08. The lowest BCUT2D eigenvalue weighted by atomic mass is 10.1. The van der Waals surface area contributed by atoms with Crippen LogP contribution in [0.25, 0.3) is 6.08 Å². The molecule has 0 spiro atoms. The second-order valence-electron chi connectivity index (χ2n) is 6.61. The molecular formula is C22H16ClN3O5. The summed E-state index contributed by atoms with van der Waals surface area (Å²) in [7, 11) is 0. The number of nitriles is 1. The Morgan fingerprint density at radius 1 is 1.26 bits per heavy atom. The predicted molar refractivity (Wildman–Crippen MR) is 112 cm³/mol. The molecule has 0 radical (unpaired) electrons. The number of hydrogen-bond donors (Lipinski definition) is 1. The Hall–Kier alpha value is -3.96. The Morgan fingerprint density at radius 2 is 2.10 bits per heavy atom. The van der Waals surface area contributed by atoms with Crippen LogP contribution in [0.15, 0.2) is 52.6 Å². The van der Waals surface area contributed by atoms with Gasteiger partial charge in [-0.05, 0) is 48.4 Å². The van der Waals surface area contributed by atoms with Crippen molar-refractivity contribution in [1.82, 2.24) is 5.16 Å². The quantitative estimate of drug-likeness (QED) is 0.447.